The molecule has 1 saturated heterocycles. The summed E-state index contributed by atoms with van der Waals surface area (Å²) >= 11 is 0. The predicted octanol–water partition coefficient (Wildman–Crippen LogP) is 1.78. The number of hydrogen-bond donors (Lipinski definition) is 2. The number of rotatable bonds is 5. The molecule has 12 heteroatoms. The molecule has 0 radical (unpaired) electrons. The number of aromatic nitrogens is 2. The molecular formula is C20H22F3N5O4. The highest BCUT2D eigenvalue weighted by Crippen LogP contribution is 2.27. The molecular weight excluding hydrogens is 431 g/mol. The zero-order chi connectivity index (χ0) is 23.5. The van der Waals surface area contributed by atoms with Crippen molar-refractivity contribution in [3.8, 4) is 0 Å². The molecule has 3 heterocycles. The summed E-state index contributed by atoms with van der Waals surface area (Å²) in [5.41, 5.74) is 3.82. The fraction of sp³-hybridized carbons (Fsp3) is 0.400. The molecule has 0 aromatic carbocycles. The van der Waals surface area contributed by atoms with Gasteiger partial charge in [0.25, 0.3) is 11.5 Å². The van der Waals surface area contributed by atoms with Crippen molar-refractivity contribution in [1.82, 2.24) is 14.9 Å². The molecule has 1 aliphatic heterocycles. The normalized spacial score (nSPS) is 15.4. The second kappa shape index (κ2) is 9.28. The summed E-state index contributed by atoms with van der Waals surface area (Å²) < 4.78 is 44.0. The van der Waals surface area contributed by atoms with E-state index in [0.29, 0.717) is 26.2 Å². The number of nitrogens with two attached hydrogens (primary N) is 1. The van der Waals surface area contributed by atoms with Crippen LogP contribution < -0.4 is 16.2 Å². The number of carbonyl (C=O) groups is 2. The largest absolute Gasteiger partial charge is 0.446 e. The molecule has 2 aromatic rings. The first kappa shape index (κ1) is 23.1. The topological polar surface area (TPSA) is 122 Å². The standard InChI is InChI=1S/C20H22F3N5O4/c1-12(8-13-9-15(20(21,22)23)18(30)26-10-13)32-19(31)28-6-4-27(5-7-28)14-2-3-16(17(24)29)25-11-14/h2-3,9-12H,4-8H2,1H3,(H2,24,29)(H,26,30)/t12-/m0/s1. The van der Waals surface area contributed by atoms with E-state index < -0.39 is 35.4 Å². The molecule has 1 fully saturated rings. The van der Waals surface area contributed by atoms with Gasteiger partial charge in [0.2, 0.25) is 0 Å². The first-order valence-electron chi connectivity index (χ1n) is 9.79. The third-order valence-corrected chi connectivity index (χ3v) is 5.00. The highest BCUT2D eigenvalue weighted by molar-refractivity contribution is 5.90. The van der Waals surface area contributed by atoms with Crippen molar-refractivity contribution in [1.29, 1.82) is 0 Å². The van der Waals surface area contributed by atoms with Crippen molar-refractivity contribution >= 4 is 17.7 Å². The number of alkyl halides is 3. The Morgan fingerprint density at radius 1 is 1.25 bits per heavy atom. The molecule has 2 amide bonds. The lowest BCUT2D eigenvalue weighted by Crippen LogP contribution is -2.49. The number of primary amides is 1. The average molecular weight is 453 g/mol. The molecule has 0 spiro atoms. The summed E-state index contributed by atoms with van der Waals surface area (Å²) in [5, 5.41) is 0. The number of anilines is 1. The van der Waals surface area contributed by atoms with Gasteiger partial charge in [0.15, 0.2) is 0 Å². The van der Waals surface area contributed by atoms with Gasteiger partial charge in [-0.1, -0.05) is 0 Å². The number of nitrogens with zero attached hydrogens (tertiary/aromatic N) is 3. The van der Waals surface area contributed by atoms with Crippen molar-refractivity contribution in [3.05, 3.63) is 57.8 Å². The van der Waals surface area contributed by atoms with Gasteiger partial charge in [-0.05, 0) is 30.7 Å². The van der Waals surface area contributed by atoms with E-state index in [-0.39, 0.29) is 17.7 Å². The minimum absolute atomic E-state index is 0.0173. The van der Waals surface area contributed by atoms with Crippen LogP contribution >= 0.6 is 0 Å². The van der Waals surface area contributed by atoms with Crippen molar-refractivity contribution in [2.45, 2.75) is 25.6 Å². The van der Waals surface area contributed by atoms with Crippen LogP contribution in [0.5, 0.6) is 0 Å². The van der Waals surface area contributed by atoms with Gasteiger partial charge in [0.05, 0.1) is 11.9 Å². The van der Waals surface area contributed by atoms with Crippen molar-refractivity contribution in [2.24, 2.45) is 5.73 Å². The van der Waals surface area contributed by atoms with E-state index in [2.05, 4.69) is 9.97 Å². The quantitative estimate of drug-likeness (QED) is 0.712. The van der Waals surface area contributed by atoms with Crippen LogP contribution in [0.1, 0.15) is 28.5 Å². The summed E-state index contributed by atoms with van der Waals surface area (Å²) in [7, 11) is 0. The highest BCUT2D eigenvalue weighted by Gasteiger charge is 2.34. The predicted molar refractivity (Wildman–Crippen MR) is 108 cm³/mol. The molecule has 9 nitrogen and oxygen atoms in total. The van der Waals surface area contributed by atoms with E-state index in [9.17, 15) is 27.6 Å². The summed E-state index contributed by atoms with van der Waals surface area (Å²) in [6, 6.07) is 4.02. The number of halogens is 3. The van der Waals surface area contributed by atoms with E-state index in [4.69, 9.17) is 10.5 Å². The van der Waals surface area contributed by atoms with Crippen LogP contribution in [0.3, 0.4) is 0 Å². The minimum atomic E-state index is -4.77. The Labute approximate surface area is 181 Å². The highest BCUT2D eigenvalue weighted by atomic mass is 19.4. The maximum atomic E-state index is 12.9. The van der Waals surface area contributed by atoms with Crippen molar-refractivity contribution in [2.75, 3.05) is 31.1 Å². The molecule has 2 aromatic heterocycles. The fourth-order valence-corrected chi connectivity index (χ4v) is 3.34. The molecule has 0 bridgehead atoms. The Morgan fingerprint density at radius 2 is 1.94 bits per heavy atom. The Morgan fingerprint density at radius 3 is 2.50 bits per heavy atom. The lowest BCUT2D eigenvalue weighted by molar-refractivity contribution is -0.138. The second-order valence-corrected chi connectivity index (χ2v) is 7.39. The number of nitrogens with one attached hydrogen (secondary N) is 1. The Hall–Kier alpha value is -3.57. The Kier molecular flexibility index (Phi) is 6.70. The molecule has 1 atom stereocenters. The zero-order valence-corrected chi connectivity index (χ0v) is 17.2. The van der Waals surface area contributed by atoms with Gasteiger partial charge in [0.1, 0.15) is 17.4 Å². The molecule has 3 rings (SSSR count). The number of amides is 2. The Bertz CT molecular complexity index is 1030. The third kappa shape index (κ3) is 5.56. The number of ether oxygens (including phenoxy) is 1. The molecule has 0 saturated carbocycles. The molecule has 3 N–H and O–H groups in total. The van der Waals surface area contributed by atoms with E-state index in [1.807, 2.05) is 4.90 Å². The Balaban J connectivity index is 1.52. The zero-order valence-electron chi connectivity index (χ0n) is 17.2. The van der Waals surface area contributed by atoms with Gasteiger partial charge >= 0.3 is 12.3 Å². The van der Waals surface area contributed by atoms with Crippen LogP contribution in [0.2, 0.25) is 0 Å². The van der Waals surface area contributed by atoms with Gasteiger partial charge in [-0.3, -0.25) is 9.59 Å². The first-order chi connectivity index (χ1) is 15.0. The van der Waals surface area contributed by atoms with Gasteiger partial charge in [0, 0.05) is 38.8 Å². The van der Waals surface area contributed by atoms with Gasteiger partial charge in [-0.2, -0.15) is 13.2 Å². The van der Waals surface area contributed by atoms with Crippen LogP contribution in [0.4, 0.5) is 23.7 Å². The summed E-state index contributed by atoms with van der Waals surface area (Å²) in [6.07, 6.45) is -3.30. The van der Waals surface area contributed by atoms with Crippen molar-refractivity contribution < 1.29 is 27.5 Å². The van der Waals surface area contributed by atoms with E-state index in [1.165, 1.54) is 23.4 Å². The SMILES string of the molecule is C[C@@H](Cc1c[nH]c(=O)c(C(F)(F)F)c1)OC(=O)N1CCN(c2ccc(C(N)=O)nc2)CC1. The van der Waals surface area contributed by atoms with E-state index in [1.54, 1.807) is 13.0 Å². The molecule has 0 aliphatic carbocycles. The minimum Gasteiger partial charge on any atom is -0.446 e. The van der Waals surface area contributed by atoms with Crippen LogP contribution in [0.25, 0.3) is 0 Å². The number of carbonyl (C=O) groups excluding carboxylic acids is 2. The number of pyridine rings is 2. The van der Waals surface area contributed by atoms with Crippen molar-refractivity contribution in [3.63, 3.8) is 0 Å². The molecule has 0 unspecified atom stereocenters. The monoisotopic (exact) mass is 453 g/mol. The number of aromatic amines is 1. The lowest BCUT2D eigenvalue weighted by Gasteiger charge is -2.35. The number of piperazine rings is 1. The summed E-state index contributed by atoms with van der Waals surface area (Å²) in [6.45, 7) is 3.34. The third-order valence-electron chi connectivity index (χ3n) is 5.00. The number of H-pyrrole nitrogens is 1. The van der Waals surface area contributed by atoms with Gasteiger partial charge in [-0.25, -0.2) is 9.78 Å². The lowest BCUT2D eigenvalue weighted by atomic mass is 10.1. The molecule has 32 heavy (non-hydrogen) atoms. The molecule has 172 valence electrons. The van der Waals surface area contributed by atoms with E-state index in [0.717, 1.165) is 11.8 Å². The fourth-order valence-electron chi connectivity index (χ4n) is 3.34. The smallest absolute Gasteiger partial charge is 0.421 e. The van der Waals surface area contributed by atoms with Gasteiger partial charge < -0.3 is 25.3 Å². The van der Waals surface area contributed by atoms with E-state index >= 15 is 0 Å². The molecule has 1 aliphatic rings. The number of hydrogen-bond acceptors (Lipinski definition) is 6. The van der Waals surface area contributed by atoms with Crippen LogP contribution in [0.15, 0.2) is 35.4 Å². The summed E-state index contributed by atoms with van der Waals surface area (Å²) in [5.74, 6) is -0.616. The maximum Gasteiger partial charge on any atom is 0.421 e. The van der Waals surface area contributed by atoms with Crippen LogP contribution in [-0.2, 0) is 17.3 Å². The first-order valence-corrected chi connectivity index (χ1v) is 9.79. The maximum absolute atomic E-state index is 12.9. The summed E-state index contributed by atoms with van der Waals surface area (Å²) in [4.78, 5) is 44.5. The second-order valence-electron chi connectivity index (χ2n) is 7.39. The van der Waals surface area contributed by atoms with Crippen LogP contribution in [0, 0.1) is 0 Å². The average Bonchev–Trinajstić information content (AvgIpc) is 2.74. The van der Waals surface area contributed by atoms with Crippen LogP contribution in [-0.4, -0.2) is 59.2 Å². The van der Waals surface area contributed by atoms with Gasteiger partial charge in [-0.15, -0.1) is 0 Å².